The second-order valence-corrected chi connectivity index (χ2v) is 6.35. The van der Waals surface area contributed by atoms with E-state index < -0.39 is 0 Å². The van der Waals surface area contributed by atoms with E-state index in [0.29, 0.717) is 32.1 Å². The molecule has 0 aromatic heterocycles. The minimum Gasteiger partial charge on any atom is -0.354 e. The Balaban J connectivity index is 1.62. The maximum Gasteiger partial charge on any atom is 0.239 e. The van der Waals surface area contributed by atoms with Gasteiger partial charge in [-0.2, -0.15) is 0 Å². The number of rotatable bonds is 2. The molecular formula is C15H23N3O3. The highest BCUT2D eigenvalue weighted by molar-refractivity contribution is 5.91. The number of hydrogen-bond acceptors (Lipinski definition) is 3. The summed E-state index contributed by atoms with van der Waals surface area (Å²) in [5, 5.41) is 2.77. The third-order valence-corrected chi connectivity index (χ3v) is 4.85. The van der Waals surface area contributed by atoms with E-state index in [1.54, 1.807) is 4.90 Å². The van der Waals surface area contributed by atoms with E-state index in [2.05, 4.69) is 5.32 Å². The molecule has 2 heterocycles. The van der Waals surface area contributed by atoms with Crippen LogP contribution in [-0.4, -0.2) is 59.7 Å². The van der Waals surface area contributed by atoms with E-state index in [1.165, 1.54) is 12.8 Å². The zero-order valence-corrected chi connectivity index (χ0v) is 12.3. The van der Waals surface area contributed by atoms with E-state index in [-0.39, 0.29) is 30.2 Å². The summed E-state index contributed by atoms with van der Waals surface area (Å²) in [6, 6.07) is 0.336. The van der Waals surface area contributed by atoms with Crippen LogP contribution in [-0.2, 0) is 14.4 Å². The number of amides is 3. The molecule has 1 atom stereocenters. The molecule has 6 heteroatoms. The van der Waals surface area contributed by atoms with Crippen molar-refractivity contribution < 1.29 is 14.4 Å². The van der Waals surface area contributed by atoms with E-state index >= 15 is 0 Å². The maximum atomic E-state index is 12.6. The van der Waals surface area contributed by atoms with Gasteiger partial charge in [-0.1, -0.05) is 12.8 Å². The van der Waals surface area contributed by atoms with Crippen molar-refractivity contribution in [3.8, 4) is 0 Å². The quantitative estimate of drug-likeness (QED) is 0.786. The highest BCUT2D eigenvalue weighted by atomic mass is 16.2. The minimum absolute atomic E-state index is 0.0269. The Hall–Kier alpha value is -1.59. The molecule has 6 nitrogen and oxygen atoms in total. The lowest BCUT2D eigenvalue weighted by molar-refractivity contribution is -0.138. The molecule has 1 saturated carbocycles. The summed E-state index contributed by atoms with van der Waals surface area (Å²) in [7, 11) is 0. The zero-order chi connectivity index (χ0) is 14.8. The summed E-state index contributed by atoms with van der Waals surface area (Å²) in [6.45, 7) is 1.90. The Kier molecular flexibility index (Phi) is 4.12. The number of carbonyl (C=O) groups excluding carboxylic acids is 3. The van der Waals surface area contributed by atoms with Crippen LogP contribution in [0, 0.1) is 5.92 Å². The number of carbonyl (C=O) groups is 3. The Morgan fingerprint density at radius 3 is 2.67 bits per heavy atom. The molecule has 3 aliphatic rings. The largest absolute Gasteiger partial charge is 0.354 e. The van der Waals surface area contributed by atoms with Crippen molar-refractivity contribution in [1.82, 2.24) is 15.1 Å². The second-order valence-electron chi connectivity index (χ2n) is 6.35. The van der Waals surface area contributed by atoms with Gasteiger partial charge in [0.2, 0.25) is 17.7 Å². The summed E-state index contributed by atoms with van der Waals surface area (Å²) in [4.78, 5) is 39.8. The van der Waals surface area contributed by atoms with Gasteiger partial charge in [0.1, 0.15) is 0 Å². The Morgan fingerprint density at radius 2 is 1.90 bits per heavy atom. The van der Waals surface area contributed by atoms with E-state index in [4.69, 9.17) is 0 Å². The number of likely N-dealkylation sites (tertiary alicyclic amines) is 1. The molecular weight excluding hydrogens is 270 g/mol. The molecule has 0 bridgehead atoms. The van der Waals surface area contributed by atoms with Crippen molar-refractivity contribution in [2.75, 3.05) is 26.2 Å². The number of nitrogens with one attached hydrogen (secondary N) is 1. The number of hydrogen-bond donors (Lipinski definition) is 1. The standard InChI is InChI=1S/C15H23N3O3/c19-13-10-17(7-3-6-16-13)15(21)11-8-14(20)18(9-11)12-4-1-2-5-12/h11-12H,1-10H2,(H,16,19). The lowest BCUT2D eigenvalue weighted by Gasteiger charge is -2.25. The summed E-state index contributed by atoms with van der Waals surface area (Å²) in [5.74, 6) is -0.276. The van der Waals surface area contributed by atoms with Crippen LogP contribution in [0.2, 0.25) is 0 Å². The molecule has 0 aromatic carbocycles. The second kappa shape index (κ2) is 6.03. The predicted molar refractivity (Wildman–Crippen MR) is 76.3 cm³/mol. The molecule has 0 aromatic rings. The average Bonchev–Trinajstić information content (AvgIpc) is 3.05. The van der Waals surface area contributed by atoms with Crippen molar-refractivity contribution >= 4 is 17.7 Å². The van der Waals surface area contributed by atoms with Gasteiger partial charge in [-0.3, -0.25) is 14.4 Å². The van der Waals surface area contributed by atoms with Crippen molar-refractivity contribution in [2.45, 2.75) is 44.6 Å². The molecule has 0 radical (unpaired) electrons. The van der Waals surface area contributed by atoms with Crippen LogP contribution in [0.25, 0.3) is 0 Å². The van der Waals surface area contributed by atoms with Crippen molar-refractivity contribution in [3.63, 3.8) is 0 Å². The molecule has 2 saturated heterocycles. The van der Waals surface area contributed by atoms with Crippen molar-refractivity contribution in [1.29, 1.82) is 0 Å². The first kappa shape index (κ1) is 14.4. The molecule has 116 valence electrons. The summed E-state index contributed by atoms with van der Waals surface area (Å²) in [6.07, 6.45) is 5.59. The van der Waals surface area contributed by atoms with Gasteiger partial charge in [-0.15, -0.1) is 0 Å². The van der Waals surface area contributed by atoms with E-state index in [0.717, 1.165) is 19.3 Å². The summed E-state index contributed by atoms with van der Waals surface area (Å²) in [5.41, 5.74) is 0. The van der Waals surface area contributed by atoms with Gasteiger partial charge in [0, 0.05) is 32.1 Å². The molecule has 3 fully saturated rings. The normalized spacial score (nSPS) is 27.9. The van der Waals surface area contributed by atoms with Crippen LogP contribution >= 0.6 is 0 Å². The maximum absolute atomic E-state index is 12.6. The Bertz CT molecular complexity index is 445. The highest BCUT2D eigenvalue weighted by Crippen LogP contribution is 2.30. The van der Waals surface area contributed by atoms with Gasteiger partial charge in [0.15, 0.2) is 0 Å². The van der Waals surface area contributed by atoms with Crippen molar-refractivity contribution in [3.05, 3.63) is 0 Å². The monoisotopic (exact) mass is 293 g/mol. The molecule has 0 spiro atoms. The zero-order valence-electron chi connectivity index (χ0n) is 12.3. The SMILES string of the molecule is O=C1CN(C(=O)C2CC(=O)N(C3CCCC3)C2)CCCN1. The minimum atomic E-state index is -0.260. The molecule has 3 rings (SSSR count). The third kappa shape index (κ3) is 3.04. The summed E-state index contributed by atoms with van der Waals surface area (Å²) < 4.78 is 0. The lowest BCUT2D eigenvalue weighted by Crippen LogP contribution is -2.42. The van der Waals surface area contributed by atoms with Crippen LogP contribution in [0.4, 0.5) is 0 Å². The first-order valence-corrected chi connectivity index (χ1v) is 8.00. The summed E-state index contributed by atoms with van der Waals surface area (Å²) >= 11 is 0. The van der Waals surface area contributed by atoms with Gasteiger partial charge in [-0.05, 0) is 19.3 Å². The fraction of sp³-hybridized carbons (Fsp3) is 0.800. The van der Waals surface area contributed by atoms with Gasteiger partial charge in [0.25, 0.3) is 0 Å². The van der Waals surface area contributed by atoms with E-state index in [1.807, 2.05) is 4.90 Å². The molecule has 1 unspecified atom stereocenters. The molecule has 3 amide bonds. The smallest absolute Gasteiger partial charge is 0.239 e. The fourth-order valence-electron chi connectivity index (χ4n) is 3.72. The topological polar surface area (TPSA) is 69.7 Å². The molecule has 21 heavy (non-hydrogen) atoms. The van der Waals surface area contributed by atoms with Gasteiger partial charge >= 0.3 is 0 Å². The van der Waals surface area contributed by atoms with Crippen molar-refractivity contribution in [2.24, 2.45) is 5.92 Å². The van der Waals surface area contributed by atoms with Gasteiger partial charge < -0.3 is 15.1 Å². The Morgan fingerprint density at radius 1 is 1.14 bits per heavy atom. The van der Waals surface area contributed by atoms with Crippen LogP contribution in [0.3, 0.4) is 0 Å². The molecule has 2 aliphatic heterocycles. The van der Waals surface area contributed by atoms with Crippen LogP contribution in [0.5, 0.6) is 0 Å². The lowest BCUT2D eigenvalue weighted by atomic mass is 10.1. The van der Waals surface area contributed by atoms with Crippen LogP contribution < -0.4 is 5.32 Å². The average molecular weight is 293 g/mol. The fourth-order valence-corrected chi connectivity index (χ4v) is 3.72. The molecule has 1 aliphatic carbocycles. The van der Waals surface area contributed by atoms with Crippen LogP contribution in [0.1, 0.15) is 38.5 Å². The Labute approximate surface area is 124 Å². The third-order valence-electron chi connectivity index (χ3n) is 4.85. The highest BCUT2D eigenvalue weighted by Gasteiger charge is 2.40. The van der Waals surface area contributed by atoms with Gasteiger partial charge in [-0.25, -0.2) is 0 Å². The predicted octanol–water partition coefficient (Wildman–Crippen LogP) is 0.126. The number of nitrogens with zero attached hydrogens (tertiary/aromatic N) is 2. The first-order chi connectivity index (χ1) is 10.1. The van der Waals surface area contributed by atoms with Gasteiger partial charge in [0.05, 0.1) is 12.5 Å². The van der Waals surface area contributed by atoms with Crippen LogP contribution in [0.15, 0.2) is 0 Å². The molecule has 1 N–H and O–H groups in total. The van der Waals surface area contributed by atoms with E-state index in [9.17, 15) is 14.4 Å². The first-order valence-electron chi connectivity index (χ1n) is 8.00.